The molecule has 0 saturated carbocycles. The molecule has 0 spiro atoms. The van der Waals surface area contributed by atoms with Crippen molar-refractivity contribution >= 4 is 5.91 Å². The summed E-state index contributed by atoms with van der Waals surface area (Å²) in [7, 11) is 0. The molecule has 6 heteroatoms. The molecule has 33 heavy (non-hydrogen) atoms. The SMILES string of the molecule is C.C=C(/C=C/C)C1(CC2CCOCC2)CCN(C(=O)c2cccnc2-c2ccncn2)CC1. The number of hydrogen-bond donors (Lipinski definition) is 0. The van der Waals surface area contributed by atoms with E-state index in [0.717, 1.165) is 58.4 Å². The van der Waals surface area contributed by atoms with E-state index in [1.807, 2.05) is 24.0 Å². The molecule has 0 bridgehead atoms. The maximum absolute atomic E-state index is 13.5. The molecule has 2 saturated heterocycles. The van der Waals surface area contributed by atoms with Gasteiger partial charge in [-0.2, -0.15) is 0 Å². The predicted molar refractivity (Wildman–Crippen MR) is 132 cm³/mol. The smallest absolute Gasteiger partial charge is 0.256 e. The second kappa shape index (κ2) is 11.3. The minimum absolute atomic E-state index is 0. The van der Waals surface area contributed by atoms with Gasteiger partial charge in [-0.1, -0.05) is 26.2 Å². The van der Waals surface area contributed by atoms with Crippen LogP contribution >= 0.6 is 0 Å². The Morgan fingerprint density at radius 2 is 1.97 bits per heavy atom. The summed E-state index contributed by atoms with van der Waals surface area (Å²) in [4.78, 5) is 28.2. The maximum Gasteiger partial charge on any atom is 0.256 e. The lowest BCUT2D eigenvalue weighted by Gasteiger charge is -2.45. The van der Waals surface area contributed by atoms with Crippen LogP contribution in [0.1, 0.15) is 56.8 Å². The third-order valence-corrected chi connectivity index (χ3v) is 6.94. The Hall–Kier alpha value is -2.86. The highest BCUT2D eigenvalue weighted by Crippen LogP contribution is 2.46. The molecular formula is C27H36N4O2. The van der Waals surface area contributed by atoms with E-state index >= 15 is 0 Å². The molecule has 176 valence electrons. The number of piperidine rings is 1. The van der Waals surface area contributed by atoms with E-state index in [0.29, 0.717) is 22.9 Å². The van der Waals surface area contributed by atoms with Gasteiger partial charge in [0.1, 0.15) is 12.0 Å². The number of aromatic nitrogens is 3. The fourth-order valence-corrected chi connectivity index (χ4v) is 5.06. The largest absolute Gasteiger partial charge is 0.381 e. The minimum atomic E-state index is 0. The number of amides is 1. The van der Waals surface area contributed by atoms with Crippen molar-refractivity contribution in [2.24, 2.45) is 11.3 Å². The molecule has 2 aromatic heterocycles. The van der Waals surface area contributed by atoms with Gasteiger partial charge in [0.25, 0.3) is 5.91 Å². The maximum atomic E-state index is 13.5. The van der Waals surface area contributed by atoms with E-state index in [1.54, 1.807) is 18.5 Å². The number of rotatable bonds is 6. The predicted octanol–water partition coefficient (Wildman–Crippen LogP) is 5.35. The van der Waals surface area contributed by atoms with Crippen LogP contribution in [0, 0.1) is 11.3 Å². The fraction of sp³-hybridized carbons (Fsp3) is 0.481. The molecule has 0 radical (unpaired) electrons. The van der Waals surface area contributed by atoms with Gasteiger partial charge < -0.3 is 9.64 Å². The lowest BCUT2D eigenvalue weighted by Crippen LogP contribution is -2.45. The second-order valence-corrected chi connectivity index (χ2v) is 8.85. The van der Waals surface area contributed by atoms with E-state index in [2.05, 4.69) is 33.7 Å². The third-order valence-electron chi connectivity index (χ3n) is 6.94. The number of ether oxygens (including phenoxy) is 1. The van der Waals surface area contributed by atoms with E-state index < -0.39 is 0 Å². The van der Waals surface area contributed by atoms with Gasteiger partial charge in [-0.15, -0.1) is 0 Å². The first kappa shape index (κ1) is 24.8. The molecule has 2 aromatic rings. The van der Waals surface area contributed by atoms with Gasteiger partial charge in [-0.05, 0) is 74.1 Å². The van der Waals surface area contributed by atoms with Crippen LogP contribution in [0.5, 0.6) is 0 Å². The fourth-order valence-electron chi connectivity index (χ4n) is 5.06. The lowest BCUT2D eigenvalue weighted by atomic mass is 9.66. The molecule has 0 aliphatic carbocycles. The molecule has 1 amide bonds. The van der Waals surface area contributed by atoms with E-state index in [4.69, 9.17) is 4.74 Å². The van der Waals surface area contributed by atoms with Crippen molar-refractivity contribution in [2.45, 2.75) is 46.5 Å². The van der Waals surface area contributed by atoms with Gasteiger partial charge in [-0.3, -0.25) is 9.78 Å². The van der Waals surface area contributed by atoms with Crippen molar-refractivity contribution in [1.82, 2.24) is 19.9 Å². The number of likely N-dealkylation sites (tertiary alicyclic amines) is 1. The summed E-state index contributed by atoms with van der Waals surface area (Å²) >= 11 is 0. The van der Waals surface area contributed by atoms with Crippen LogP contribution in [0.4, 0.5) is 0 Å². The second-order valence-electron chi connectivity index (χ2n) is 8.85. The number of carbonyl (C=O) groups is 1. The Kier molecular flexibility index (Phi) is 8.50. The molecule has 2 aliphatic rings. The Labute approximate surface area is 197 Å². The van der Waals surface area contributed by atoms with Crippen molar-refractivity contribution in [3.05, 3.63) is 66.8 Å². The zero-order valence-corrected chi connectivity index (χ0v) is 18.9. The van der Waals surface area contributed by atoms with E-state index in [1.165, 1.54) is 11.9 Å². The van der Waals surface area contributed by atoms with Crippen LogP contribution < -0.4 is 0 Å². The first-order chi connectivity index (χ1) is 15.6. The average Bonchev–Trinajstić information content (AvgIpc) is 2.85. The van der Waals surface area contributed by atoms with Gasteiger partial charge >= 0.3 is 0 Å². The van der Waals surface area contributed by atoms with Crippen LogP contribution in [0.3, 0.4) is 0 Å². The molecule has 2 aliphatic heterocycles. The molecule has 4 rings (SSSR count). The highest BCUT2D eigenvalue weighted by Gasteiger charge is 2.39. The van der Waals surface area contributed by atoms with E-state index in [9.17, 15) is 4.79 Å². The minimum Gasteiger partial charge on any atom is -0.381 e. The summed E-state index contributed by atoms with van der Waals surface area (Å²) < 4.78 is 5.57. The van der Waals surface area contributed by atoms with Crippen LogP contribution in [-0.4, -0.2) is 52.1 Å². The summed E-state index contributed by atoms with van der Waals surface area (Å²) in [6.45, 7) is 9.64. The monoisotopic (exact) mass is 448 g/mol. The zero-order chi connectivity index (χ0) is 22.4. The van der Waals surface area contributed by atoms with E-state index in [-0.39, 0.29) is 18.7 Å². The van der Waals surface area contributed by atoms with Gasteiger partial charge in [-0.25, -0.2) is 9.97 Å². The quantitative estimate of drug-likeness (QED) is 0.558. The van der Waals surface area contributed by atoms with Crippen molar-refractivity contribution in [3.8, 4) is 11.4 Å². The Bertz CT molecular complexity index is 959. The first-order valence-corrected chi connectivity index (χ1v) is 11.5. The molecule has 6 nitrogen and oxygen atoms in total. The van der Waals surface area contributed by atoms with Crippen LogP contribution in [0.15, 0.2) is 61.2 Å². The molecule has 0 N–H and O–H groups in total. The standard InChI is InChI=1S/C26H32N4O2.CH4/c1-3-5-20(2)26(18-21-8-16-32-17-9-21)10-14-30(15-11-26)25(31)22-6-4-12-28-24(22)23-7-13-27-19-29-23;/h3-7,12-13,19,21H,2,8-11,14-18H2,1H3;1H4/b5-3+;. The van der Waals surface area contributed by atoms with Crippen molar-refractivity contribution in [1.29, 1.82) is 0 Å². The Morgan fingerprint density at radius 1 is 1.21 bits per heavy atom. The van der Waals surface area contributed by atoms with Crippen LogP contribution in [0.25, 0.3) is 11.4 Å². The summed E-state index contributed by atoms with van der Waals surface area (Å²) in [6.07, 6.45) is 14.3. The van der Waals surface area contributed by atoms with Crippen molar-refractivity contribution < 1.29 is 9.53 Å². The number of pyridine rings is 1. The lowest BCUT2D eigenvalue weighted by molar-refractivity contribution is 0.0357. The average molecular weight is 449 g/mol. The first-order valence-electron chi connectivity index (χ1n) is 11.5. The van der Waals surface area contributed by atoms with Crippen molar-refractivity contribution in [3.63, 3.8) is 0 Å². The van der Waals surface area contributed by atoms with Crippen LogP contribution in [-0.2, 0) is 4.74 Å². The van der Waals surface area contributed by atoms with Gasteiger partial charge in [0, 0.05) is 38.7 Å². The van der Waals surface area contributed by atoms with Gasteiger partial charge in [0.2, 0.25) is 0 Å². The Balaban J connectivity index is 0.00000306. The molecular weight excluding hydrogens is 412 g/mol. The summed E-state index contributed by atoms with van der Waals surface area (Å²) in [6, 6.07) is 5.44. The Morgan fingerprint density at radius 3 is 2.64 bits per heavy atom. The topological polar surface area (TPSA) is 68.2 Å². The van der Waals surface area contributed by atoms with Crippen LogP contribution in [0.2, 0.25) is 0 Å². The molecule has 2 fully saturated rings. The third kappa shape index (κ3) is 5.56. The summed E-state index contributed by atoms with van der Waals surface area (Å²) in [5.74, 6) is 0.679. The summed E-state index contributed by atoms with van der Waals surface area (Å²) in [5.41, 5.74) is 3.11. The number of nitrogens with zero attached hydrogens (tertiary/aromatic N) is 4. The summed E-state index contributed by atoms with van der Waals surface area (Å²) in [5, 5.41) is 0. The molecule has 0 aromatic carbocycles. The highest BCUT2D eigenvalue weighted by atomic mass is 16.5. The number of hydrogen-bond acceptors (Lipinski definition) is 5. The van der Waals surface area contributed by atoms with Gasteiger partial charge in [0.05, 0.1) is 11.3 Å². The van der Waals surface area contributed by atoms with Gasteiger partial charge in [0.15, 0.2) is 0 Å². The molecule has 4 heterocycles. The normalized spacial score (nSPS) is 18.6. The number of allylic oxidation sites excluding steroid dienone is 3. The zero-order valence-electron chi connectivity index (χ0n) is 18.9. The molecule has 0 atom stereocenters. The van der Waals surface area contributed by atoms with Crippen molar-refractivity contribution in [2.75, 3.05) is 26.3 Å². The molecule has 0 unspecified atom stereocenters. The number of carbonyl (C=O) groups excluding carboxylic acids is 1. The highest BCUT2D eigenvalue weighted by molar-refractivity contribution is 5.99.